The number of carbonyl (C=O) groups is 1. The highest BCUT2D eigenvalue weighted by atomic mass is 16.6. The zero-order chi connectivity index (χ0) is 19.0. The average Bonchev–Trinajstić information content (AvgIpc) is 3.28. The molecule has 0 fully saturated rings. The van der Waals surface area contributed by atoms with Crippen LogP contribution in [-0.4, -0.2) is 34.4 Å². The van der Waals surface area contributed by atoms with Gasteiger partial charge in [-0.25, -0.2) is 4.98 Å². The number of hydrogen-bond donors (Lipinski definition) is 2. The van der Waals surface area contributed by atoms with Crippen molar-refractivity contribution in [1.29, 1.82) is 0 Å². The molecule has 0 aliphatic carbocycles. The van der Waals surface area contributed by atoms with Gasteiger partial charge in [-0.3, -0.25) is 20.2 Å². The maximum atomic E-state index is 12.5. The highest BCUT2D eigenvalue weighted by molar-refractivity contribution is 6.04. The van der Waals surface area contributed by atoms with Crippen LogP contribution in [0.2, 0.25) is 0 Å². The van der Waals surface area contributed by atoms with Crippen molar-refractivity contribution in [2.24, 2.45) is 0 Å². The van der Waals surface area contributed by atoms with Gasteiger partial charge in [-0.05, 0) is 36.2 Å². The SMILES string of the molecule is CN1CCc2ccc(C(=O)Nc3ncc(-c4ccc([N+](=O)[O-])cc4)[nH]3)cc21. The second-order valence-corrected chi connectivity index (χ2v) is 6.42. The predicted octanol–water partition coefficient (Wildman–Crippen LogP) is 3.23. The normalized spacial score (nSPS) is 12.7. The molecule has 0 unspecified atom stereocenters. The fourth-order valence-electron chi connectivity index (χ4n) is 3.15. The third-order valence-corrected chi connectivity index (χ3v) is 4.67. The molecule has 1 aliphatic heterocycles. The van der Waals surface area contributed by atoms with Crippen molar-refractivity contribution in [3.63, 3.8) is 0 Å². The summed E-state index contributed by atoms with van der Waals surface area (Å²) in [5.74, 6) is 0.0740. The number of likely N-dealkylation sites (N-methyl/N-ethyl adjacent to an activating group) is 1. The monoisotopic (exact) mass is 363 g/mol. The number of nitrogens with one attached hydrogen (secondary N) is 2. The number of H-pyrrole nitrogens is 1. The smallest absolute Gasteiger partial charge is 0.269 e. The molecule has 0 atom stereocenters. The minimum Gasteiger partial charge on any atom is -0.374 e. The van der Waals surface area contributed by atoms with Crippen molar-refractivity contribution in [1.82, 2.24) is 9.97 Å². The fraction of sp³-hybridized carbons (Fsp3) is 0.158. The van der Waals surface area contributed by atoms with E-state index in [9.17, 15) is 14.9 Å². The van der Waals surface area contributed by atoms with Gasteiger partial charge in [-0.15, -0.1) is 0 Å². The zero-order valence-electron chi connectivity index (χ0n) is 14.6. The van der Waals surface area contributed by atoms with Crippen LogP contribution in [0.1, 0.15) is 15.9 Å². The van der Waals surface area contributed by atoms with Crippen molar-refractivity contribution in [3.05, 3.63) is 69.9 Å². The molecular weight excluding hydrogens is 346 g/mol. The number of aromatic amines is 1. The Morgan fingerprint density at radius 2 is 2.04 bits per heavy atom. The first-order valence-electron chi connectivity index (χ1n) is 8.46. The van der Waals surface area contributed by atoms with E-state index < -0.39 is 4.92 Å². The van der Waals surface area contributed by atoms with E-state index in [0.717, 1.165) is 24.2 Å². The van der Waals surface area contributed by atoms with Gasteiger partial charge in [-0.1, -0.05) is 6.07 Å². The Morgan fingerprint density at radius 1 is 1.26 bits per heavy atom. The maximum Gasteiger partial charge on any atom is 0.269 e. The lowest BCUT2D eigenvalue weighted by Gasteiger charge is -2.12. The van der Waals surface area contributed by atoms with E-state index in [2.05, 4.69) is 20.2 Å². The molecule has 2 heterocycles. The Labute approximate surface area is 155 Å². The number of anilines is 2. The quantitative estimate of drug-likeness (QED) is 0.547. The minimum atomic E-state index is -0.448. The fourth-order valence-corrected chi connectivity index (χ4v) is 3.15. The van der Waals surface area contributed by atoms with Gasteiger partial charge in [0.2, 0.25) is 5.95 Å². The van der Waals surface area contributed by atoms with Crippen molar-refractivity contribution < 1.29 is 9.72 Å². The van der Waals surface area contributed by atoms with E-state index in [0.29, 0.717) is 17.2 Å². The van der Waals surface area contributed by atoms with Crippen molar-refractivity contribution in [3.8, 4) is 11.3 Å². The second-order valence-electron chi connectivity index (χ2n) is 6.42. The molecule has 1 aliphatic rings. The topological polar surface area (TPSA) is 104 Å². The van der Waals surface area contributed by atoms with Crippen molar-refractivity contribution in [2.75, 3.05) is 23.8 Å². The molecule has 4 rings (SSSR count). The number of rotatable bonds is 4. The Balaban J connectivity index is 1.50. The van der Waals surface area contributed by atoms with Crippen LogP contribution in [-0.2, 0) is 6.42 Å². The van der Waals surface area contributed by atoms with Crippen LogP contribution in [0.15, 0.2) is 48.7 Å². The number of nitrogens with zero attached hydrogens (tertiary/aromatic N) is 3. The summed E-state index contributed by atoms with van der Waals surface area (Å²) in [6, 6.07) is 11.8. The summed E-state index contributed by atoms with van der Waals surface area (Å²) >= 11 is 0. The van der Waals surface area contributed by atoms with Crippen LogP contribution in [0, 0.1) is 10.1 Å². The molecule has 2 aromatic carbocycles. The largest absolute Gasteiger partial charge is 0.374 e. The number of non-ortho nitro benzene ring substituents is 1. The molecule has 8 nitrogen and oxygen atoms in total. The van der Waals surface area contributed by atoms with Crippen molar-refractivity contribution >= 4 is 23.2 Å². The predicted molar refractivity (Wildman–Crippen MR) is 102 cm³/mol. The first-order chi connectivity index (χ1) is 13.0. The Hall–Kier alpha value is -3.68. The van der Waals surface area contributed by atoms with Crippen LogP contribution >= 0.6 is 0 Å². The molecule has 0 saturated heterocycles. The number of nitro groups is 1. The molecule has 3 aromatic rings. The van der Waals surface area contributed by atoms with Crippen molar-refractivity contribution in [2.45, 2.75) is 6.42 Å². The van der Waals surface area contributed by atoms with Crippen LogP contribution < -0.4 is 10.2 Å². The summed E-state index contributed by atoms with van der Waals surface area (Å²) in [6.07, 6.45) is 2.57. The van der Waals surface area contributed by atoms with E-state index >= 15 is 0 Å². The van der Waals surface area contributed by atoms with Gasteiger partial charge in [0.25, 0.3) is 11.6 Å². The number of benzene rings is 2. The van der Waals surface area contributed by atoms with E-state index in [1.165, 1.54) is 17.7 Å². The van der Waals surface area contributed by atoms with Gasteiger partial charge in [0.05, 0.1) is 16.8 Å². The van der Waals surface area contributed by atoms with Crippen LogP contribution in [0.25, 0.3) is 11.3 Å². The summed E-state index contributed by atoms with van der Waals surface area (Å²) in [5, 5.41) is 13.5. The molecule has 0 bridgehead atoms. The average molecular weight is 363 g/mol. The summed E-state index contributed by atoms with van der Waals surface area (Å²) in [5.41, 5.74) is 4.31. The molecule has 1 aromatic heterocycles. The van der Waals surface area contributed by atoms with Gasteiger partial charge < -0.3 is 9.88 Å². The van der Waals surface area contributed by atoms with E-state index in [1.54, 1.807) is 18.3 Å². The molecule has 0 radical (unpaired) electrons. The summed E-state index contributed by atoms with van der Waals surface area (Å²) in [4.78, 5) is 32.1. The van der Waals surface area contributed by atoms with Crippen LogP contribution in [0.5, 0.6) is 0 Å². The number of hydrogen-bond acceptors (Lipinski definition) is 5. The highest BCUT2D eigenvalue weighted by Gasteiger charge is 2.18. The lowest BCUT2D eigenvalue weighted by atomic mass is 10.1. The maximum absolute atomic E-state index is 12.5. The molecule has 8 heteroatoms. The van der Waals surface area contributed by atoms with Gasteiger partial charge in [0.15, 0.2) is 0 Å². The number of carbonyl (C=O) groups excluding carboxylic acids is 1. The Kier molecular flexibility index (Phi) is 4.08. The van der Waals surface area contributed by atoms with Gasteiger partial charge in [-0.2, -0.15) is 0 Å². The summed E-state index contributed by atoms with van der Waals surface area (Å²) in [6.45, 7) is 0.956. The lowest BCUT2D eigenvalue weighted by Crippen LogP contribution is -2.15. The molecule has 0 saturated carbocycles. The third kappa shape index (κ3) is 3.24. The number of amides is 1. The van der Waals surface area contributed by atoms with Crippen LogP contribution in [0.3, 0.4) is 0 Å². The van der Waals surface area contributed by atoms with Gasteiger partial charge >= 0.3 is 0 Å². The minimum absolute atomic E-state index is 0.0216. The van der Waals surface area contributed by atoms with Gasteiger partial charge in [0.1, 0.15) is 0 Å². The summed E-state index contributed by atoms with van der Waals surface area (Å²) in [7, 11) is 2.01. The Morgan fingerprint density at radius 3 is 2.78 bits per heavy atom. The Bertz CT molecular complexity index is 1030. The molecule has 0 spiro atoms. The molecule has 1 amide bonds. The number of imidazole rings is 1. The first kappa shape index (κ1) is 16.8. The van der Waals surface area contributed by atoms with Gasteiger partial charge in [0, 0.05) is 42.5 Å². The molecular formula is C19H17N5O3. The van der Waals surface area contributed by atoms with E-state index in [1.807, 2.05) is 25.2 Å². The molecule has 2 N–H and O–H groups in total. The van der Waals surface area contributed by atoms with Crippen LogP contribution in [0.4, 0.5) is 17.3 Å². The number of aromatic nitrogens is 2. The zero-order valence-corrected chi connectivity index (χ0v) is 14.6. The van der Waals surface area contributed by atoms with E-state index in [4.69, 9.17) is 0 Å². The standard InChI is InChI=1S/C19H17N5O3/c1-23-9-8-13-2-3-14(10-17(13)23)18(25)22-19-20-11-16(21-19)12-4-6-15(7-5-12)24(26)27/h2-7,10-11H,8-9H2,1H3,(H2,20,21,22,25). The highest BCUT2D eigenvalue weighted by Crippen LogP contribution is 2.28. The number of nitro benzene ring substituents is 1. The lowest BCUT2D eigenvalue weighted by molar-refractivity contribution is -0.384. The first-order valence-corrected chi connectivity index (χ1v) is 8.46. The number of fused-ring (bicyclic) bond motifs is 1. The molecule has 27 heavy (non-hydrogen) atoms. The summed E-state index contributed by atoms with van der Waals surface area (Å²) < 4.78 is 0. The van der Waals surface area contributed by atoms with E-state index in [-0.39, 0.29) is 11.6 Å². The second kappa shape index (κ2) is 6.56. The third-order valence-electron chi connectivity index (χ3n) is 4.67. The molecule has 136 valence electrons.